The highest BCUT2D eigenvalue weighted by molar-refractivity contribution is 5.90. The summed E-state index contributed by atoms with van der Waals surface area (Å²) in [4.78, 5) is 34.5. The molecule has 1 aromatic carbocycles. The maximum atomic E-state index is 12.9. The first kappa shape index (κ1) is 20.8. The molecule has 0 aliphatic rings. The van der Waals surface area contributed by atoms with E-state index in [1.54, 1.807) is 6.92 Å². The fraction of sp³-hybridized carbons (Fsp3) is 0.167. The number of non-ortho nitro benzene ring substituents is 1. The van der Waals surface area contributed by atoms with Crippen LogP contribution in [0.15, 0.2) is 53.5 Å². The lowest BCUT2D eigenvalue weighted by Crippen LogP contribution is -2.32. The van der Waals surface area contributed by atoms with E-state index in [0.717, 1.165) is 12.3 Å². The lowest BCUT2D eigenvalue weighted by Gasteiger charge is -2.11. The van der Waals surface area contributed by atoms with E-state index >= 15 is 0 Å². The number of anilines is 1. The number of nitrogens with zero attached hydrogens (tertiary/aromatic N) is 4. The molecule has 0 atom stereocenters. The Bertz CT molecular complexity index is 1170. The molecule has 0 aliphatic heterocycles. The van der Waals surface area contributed by atoms with E-state index in [0.29, 0.717) is 22.0 Å². The zero-order valence-electron chi connectivity index (χ0n) is 15.4. The van der Waals surface area contributed by atoms with Crippen molar-refractivity contribution >= 4 is 17.4 Å². The Morgan fingerprint density at radius 1 is 1.23 bits per heavy atom. The normalized spacial score (nSPS) is 11.3. The number of halogens is 3. The predicted molar refractivity (Wildman–Crippen MR) is 99.3 cm³/mol. The third-order valence-corrected chi connectivity index (χ3v) is 4.04. The number of nitrogens with one attached hydrogen (secondary N) is 1. The molecule has 0 spiro atoms. The molecule has 9 nitrogen and oxygen atoms in total. The van der Waals surface area contributed by atoms with Crippen LogP contribution < -0.4 is 10.9 Å². The molecule has 0 radical (unpaired) electrons. The smallest absolute Gasteiger partial charge is 0.309 e. The standard InChI is InChI=1S/C18H14F3N5O4/c1-11-9-15(25(23-11)12-4-6-13(7-5-12)26(29)30)22-16(27)10-24-8-2-3-14(17(24)28)18(19,20)21/h2-9H,10H2,1H3,(H,22,27). The summed E-state index contributed by atoms with van der Waals surface area (Å²) < 4.78 is 40.6. The van der Waals surface area contributed by atoms with Crippen LogP contribution in [0.4, 0.5) is 24.7 Å². The number of nitro groups is 1. The highest BCUT2D eigenvalue weighted by atomic mass is 19.4. The van der Waals surface area contributed by atoms with E-state index in [1.807, 2.05) is 0 Å². The van der Waals surface area contributed by atoms with Crippen molar-refractivity contribution in [2.45, 2.75) is 19.6 Å². The number of amides is 1. The summed E-state index contributed by atoms with van der Waals surface area (Å²) >= 11 is 0. The van der Waals surface area contributed by atoms with Gasteiger partial charge in [0.1, 0.15) is 17.9 Å². The number of rotatable bonds is 5. The molecule has 30 heavy (non-hydrogen) atoms. The van der Waals surface area contributed by atoms with Crippen molar-refractivity contribution in [1.29, 1.82) is 0 Å². The Morgan fingerprint density at radius 3 is 2.50 bits per heavy atom. The third kappa shape index (κ3) is 4.37. The Kier molecular flexibility index (Phi) is 5.41. The molecule has 2 heterocycles. The summed E-state index contributed by atoms with van der Waals surface area (Å²) in [7, 11) is 0. The zero-order chi connectivity index (χ0) is 22.1. The molecule has 3 rings (SSSR count). The largest absolute Gasteiger partial charge is 0.421 e. The van der Waals surface area contributed by atoms with Crippen LogP contribution in [0, 0.1) is 17.0 Å². The number of alkyl halides is 3. The SMILES string of the molecule is Cc1cc(NC(=O)Cn2cccc(C(F)(F)F)c2=O)n(-c2ccc([N+](=O)[O-])cc2)n1. The van der Waals surface area contributed by atoms with Crippen molar-refractivity contribution in [2.75, 3.05) is 5.32 Å². The molecule has 0 unspecified atom stereocenters. The lowest BCUT2D eigenvalue weighted by atomic mass is 10.2. The van der Waals surface area contributed by atoms with E-state index in [4.69, 9.17) is 0 Å². The van der Waals surface area contributed by atoms with Crippen molar-refractivity contribution in [3.63, 3.8) is 0 Å². The van der Waals surface area contributed by atoms with Crippen molar-refractivity contribution in [1.82, 2.24) is 14.3 Å². The minimum absolute atomic E-state index is 0.128. The van der Waals surface area contributed by atoms with Crippen LogP contribution in [0.2, 0.25) is 0 Å². The summed E-state index contributed by atoms with van der Waals surface area (Å²) in [6.07, 6.45) is -3.75. The first-order chi connectivity index (χ1) is 14.1. The number of pyridine rings is 1. The van der Waals surface area contributed by atoms with Gasteiger partial charge in [0.05, 0.1) is 16.3 Å². The van der Waals surface area contributed by atoms with E-state index in [2.05, 4.69) is 10.4 Å². The Labute approximate surface area is 166 Å². The van der Waals surface area contributed by atoms with Gasteiger partial charge < -0.3 is 9.88 Å². The third-order valence-electron chi connectivity index (χ3n) is 4.04. The van der Waals surface area contributed by atoms with Gasteiger partial charge in [-0.25, -0.2) is 4.68 Å². The van der Waals surface area contributed by atoms with Gasteiger partial charge in [0.15, 0.2) is 0 Å². The van der Waals surface area contributed by atoms with Crippen LogP contribution >= 0.6 is 0 Å². The Balaban J connectivity index is 1.84. The fourth-order valence-corrected chi connectivity index (χ4v) is 2.72. The molecule has 156 valence electrons. The molecule has 0 saturated carbocycles. The molecule has 0 bridgehead atoms. The van der Waals surface area contributed by atoms with Gasteiger partial charge in [-0.1, -0.05) is 0 Å². The van der Waals surface area contributed by atoms with Gasteiger partial charge >= 0.3 is 6.18 Å². The highest BCUT2D eigenvalue weighted by Crippen LogP contribution is 2.26. The summed E-state index contributed by atoms with van der Waals surface area (Å²) in [6.45, 7) is 1.00. The molecule has 0 saturated heterocycles. The van der Waals surface area contributed by atoms with Crippen molar-refractivity contribution in [3.05, 3.63) is 80.4 Å². The maximum absolute atomic E-state index is 12.9. The summed E-state index contributed by atoms with van der Waals surface area (Å²) in [5, 5.41) is 17.5. The Hall–Kier alpha value is -3.96. The number of carbonyl (C=O) groups is 1. The second-order valence-electron chi connectivity index (χ2n) is 6.26. The fourth-order valence-electron chi connectivity index (χ4n) is 2.72. The Morgan fingerprint density at radius 2 is 1.90 bits per heavy atom. The van der Waals surface area contributed by atoms with Crippen molar-refractivity contribution < 1.29 is 22.9 Å². The minimum atomic E-state index is -4.83. The monoisotopic (exact) mass is 421 g/mol. The first-order valence-corrected chi connectivity index (χ1v) is 8.44. The molecule has 3 aromatic rings. The number of hydrogen-bond donors (Lipinski definition) is 1. The van der Waals surface area contributed by atoms with Gasteiger partial charge in [-0.2, -0.15) is 18.3 Å². The van der Waals surface area contributed by atoms with Crippen LogP contribution in [0.3, 0.4) is 0 Å². The molecule has 1 N–H and O–H groups in total. The van der Waals surface area contributed by atoms with E-state index < -0.39 is 34.7 Å². The average molecular weight is 421 g/mol. The van der Waals surface area contributed by atoms with Crippen LogP contribution in [0.1, 0.15) is 11.3 Å². The van der Waals surface area contributed by atoms with Crippen LogP contribution in [0.25, 0.3) is 5.69 Å². The van der Waals surface area contributed by atoms with Gasteiger partial charge in [0.25, 0.3) is 11.2 Å². The quantitative estimate of drug-likeness (QED) is 0.503. The van der Waals surface area contributed by atoms with Crippen molar-refractivity contribution in [2.24, 2.45) is 0 Å². The van der Waals surface area contributed by atoms with Gasteiger partial charge in [-0.05, 0) is 31.2 Å². The summed E-state index contributed by atoms with van der Waals surface area (Å²) in [5.41, 5.74) is -1.90. The highest BCUT2D eigenvalue weighted by Gasteiger charge is 2.34. The number of aromatic nitrogens is 3. The summed E-state index contributed by atoms with van der Waals surface area (Å²) in [5.74, 6) is -0.564. The maximum Gasteiger partial charge on any atom is 0.421 e. The molecular formula is C18H14F3N5O4. The van der Waals surface area contributed by atoms with Gasteiger partial charge in [-0.3, -0.25) is 19.7 Å². The predicted octanol–water partition coefficient (Wildman–Crippen LogP) is 2.91. The molecule has 0 fully saturated rings. The number of hydrogen-bond acceptors (Lipinski definition) is 5. The topological polar surface area (TPSA) is 112 Å². The zero-order valence-corrected chi connectivity index (χ0v) is 15.4. The van der Waals surface area contributed by atoms with Crippen LogP contribution in [-0.4, -0.2) is 25.2 Å². The van der Waals surface area contributed by atoms with Crippen molar-refractivity contribution in [3.8, 4) is 5.69 Å². The average Bonchev–Trinajstić information content (AvgIpc) is 3.02. The molecule has 0 aliphatic carbocycles. The molecule has 1 amide bonds. The van der Waals surface area contributed by atoms with Gasteiger partial charge in [0.2, 0.25) is 5.91 Å². The number of carbonyl (C=O) groups excluding carboxylic acids is 1. The molecule has 2 aromatic heterocycles. The number of benzene rings is 1. The second-order valence-corrected chi connectivity index (χ2v) is 6.26. The van der Waals surface area contributed by atoms with E-state index in [9.17, 15) is 32.9 Å². The van der Waals surface area contributed by atoms with Crippen LogP contribution in [-0.2, 0) is 17.5 Å². The van der Waals surface area contributed by atoms with E-state index in [-0.39, 0.29) is 11.5 Å². The first-order valence-electron chi connectivity index (χ1n) is 8.44. The molecule has 12 heteroatoms. The van der Waals surface area contributed by atoms with Crippen LogP contribution in [0.5, 0.6) is 0 Å². The number of aryl methyl sites for hydroxylation is 1. The van der Waals surface area contributed by atoms with Gasteiger partial charge in [0, 0.05) is 24.4 Å². The molecular weight excluding hydrogens is 407 g/mol. The number of nitro benzene ring substituents is 1. The summed E-state index contributed by atoms with van der Waals surface area (Å²) in [6, 6.07) is 8.57. The lowest BCUT2D eigenvalue weighted by molar-refractivity contribution is -0.384. The van der Waals surface area contributed by atoms with E-state index in [1.165, 1.54) is 35.0 Å². The van der Waals surface area contributed by atoms with Gasteiger partial charge in [-0.15, -0.1) is 0 Å². The second kappa shape index (κ2) is 7.81. The minimum Gasteiger partial charge on any atom is -0.309 e.